The fourth-order valence-electron chi connectivity index (χ4n) is 4.22. The zero-order chi connectivity index (χ0) is 17.4. The molecule has 138 valence electrons. The first kappa shape index (κ1) is 19.4. The standard InChI is InChI=1S/C20H36N2O2/c1-3-5-6-7-8-20(24)22-15-11-18(12-16-22)21-13-9-17(10-14-21)19(23)4-2/h17-18H,3-16H2,1-2H3. The fraction of sp³-hybridized carbons (Fsp3) is 0.900. The van der Waals surface area contributed by atoms with E-state index in [2.05, 4.69) is 16.7 Å². The Bertz CT molecular complexity index is 394. The van der Waals surface area contributed by atoms with Gasteiger partial charge in [0.05, 0.1) is 0 Å². The molecule has 0 spiro atoms. The highest BCUT2D eigenvalue weighted by Gasteiger charge is 2.30. The van der Waals surface area contributed by atoms with Crippen LogP contribution in [0.1, 0.15) is 78.1 Å². The van der Waals surface area contributed by atoms with Crippen LogP contribution in [0.15, 0.2) is 0 Å². The summed E-state index contributed by atoms with van der Waals surface area (Å²) in [6.07, 6.45) is 10.4. The Morgan fingerprint density at radius 2 is 1.54 bits per heavy atom. The largest absolute Gasteiger partial charge is 0.343 e. The normalized spacial score (nSPS) is 21.2. The molecular weight excluding hydrogens is 300 g/mol. The number of ketones is 1. The Hall–Kier alpha value is -0.900. The van der Waals surface area contributed by atoms with E-state index < -0.39 is 0 Å². The Labute approximate surface area is 148 Å². The molecule has 0 bridgehead atoms. The van der Waals surface area contributed by atoms with E-state index in [-0.39, 0.29) is 0 Å². The van der Waals surface area contributed by atoms with Crippen molar-refractivity contribution in [2.45, 2.75) is 84.1 Å². The number of amides is 1. The van der Waals surface area contributed by atoms with Crippen molar-refractivity contribution in [1.29, 1.82) is 0 Å². The number of likely N-dealkylation sites (tertiary alicyclic amines) is 2. The van der Waals surface area contributed by atoms with Crippen LogP contribution in [0.4, 0.5) is 0 Å². The molecule has 4 nitrogen and oxygen atoms in total. The molecule has 0 atom stereocenters. The fourth-order valence-corrected chi connectivity index (χ4v) is 4.22. The number of rotatable bonds is 8. The van der Waals surface area contributed by atoms with Crippen molar-refractivity contribution in [3.05, 3.63) is 0 Å². The average molecular weight is 337 g/mol. The number of nitrogens with zero attached hydrogens (tertiary/aromatic N) is 2. The van der Waals surface area contributed by atoms with Gasteiger partial charge in [-0.1, -0.05) is 33.1 Å². The summed E-state index contributed by atoms with van der Waals surface area (Å²) in [7, 11) is 0. The monoisotopic (exact) mass is 336 g/mol. The lowest BCUT2D eigenvalue weighted by Crippen LogP contribution is -2.49. The van der Waals surface area contributed by atoms with Crippen molar-refractivity contribution in [1.82, 2.24) is 9.80 Å². The highest BCUT2D eigenvalue weighted by atomic mass is 16.2. The third-order valence-electron chi connectivity index (χ3n) is 5.91. The predicted octanol–water partition coefficient (Wildman–Crippen LogP) is 3.64. The van der Waals surface area contributed by atoms with Crippen LogP contribution in [0.25, 0.3) is 0 Å². The Morgan fingerprint density at radius 1 is 0.875 bits per heavy atom. The quantitative estimate of drug-likeness (QED) is 0.635. The van der Waals surface area contributed by atoms with E-state index in [9.17, 15) is 9.59 Å². The maximum Gasteiger partial charge on any atom is 0.222 e. The lowest BCUT2D eigenvalue weighted by molar-refractivity contribution is -0.133. The Kier molecular flexibility index (Phi) is 8.23. The lowest BCUT2D eigenvalue weighted by Gasteiger charge is -2.41. The van der Waals surface area contributed by atoms with Crippen molar-refractivity contribution in [3.63, 3.8) is 0 Å². The van der Waals surface area contributed by atoms with Crippen molar-refractivity contribution in [3.8, 4) is 0 Å². The van der Waals surface area contributed by atoms with Crippen molar-refractivity contribution >= 4 is 11.7 Å². The van der Waals surface area contributed by atoms with Gasteiger partial charge in [0.2, 0.25) is 5.91 Å². The minimum Gasteiger partial charge on any atom is -0.343 e. The summed E-state index contributed by atoms with van der Waals surface area (Å²) >= 11 is 0. The van der Waals surface area contributed by atoms with Crippen LogP contribution in [0, 0.1) is 5.92 Å². The summed E-state index contributed by atoms with van der Waals surface area (Å²) in [6, 6.07) is 0.617. The summed E-state index contributed by atoms with van der Waals surface area (Å²) in [6.45, 7) is 8.14. The molecule has 0 N–H and O–H groups in total. The van der Waals surface area contributed by atoms with E-state index in [1.807, 2.05) is 6.92 Å². The van der Waals surface area contributed by atoms with E-state index in [4.69, 9.17) is 0 Å². The van der Waals surface area contributed by atoms with Gasteiger partial charge in [0.25, 0.3) is 0 Å². The summed E-state index contributed by atoms with van der Waals surface area (Å²) in [5, 5.41) is 0. The molecule has 0 aromatic heterocycles. The minimum atomic E-state index is 0.302. The van der Waals surface area contributed by atoms with E-state index >= 15 is 0 Å². The molecule has 2 aliphatic heterocycles. The van der Waals surface area contributed by atoms with Gasteiger partial charge in [0.1, 0.15) is 5.78 Å². The molecule has 0 aliphatic carbocycles. The van der Waals surface area contributed by atoms with Crippen molar-refractivity contribution < 1.29 is 9.59 Å². The van der Waals surface area contributed by atoms with Gasteiger partial charge in [-0.3, -0.25) is 9.59 Å². The molecular formula is C20H36N2O2. The van der Waals surface area contributed by atoms with Gasteiger partial charge in [-0.25, -0.2) is 0 Å². The molecule has 0 radical (unpaired) electrons. The minimum absolute atomic E-state index is 0.302. The van der Waals surface area contributed by atoms with Crippen LogP contribution in [-0.4, -0.2) is 53.7 Å². The topological polar surface area (TPSA) is 40.6 Å². The SMILES string of the molecule is CCCCCCC(=O)N1CCC(N2CCC(C(=O)CC)CC2)CC1. The van der Waals surface area contributed by atoms with E-state index in [0.717, 1.165) is 64.7 Å². The molecule has 24 heavy (non-hydrogen) atoms. The van der Waals surface area contributed by atoms with Crippen LogP contribution in [0.2, 0.25) is 0 Å². The van der Waals surface area contributed by atoms with Gasteiger partial charge in [-0.15, -0.1) is 0 Å². The maximum absolute atomic E-state index is 12.3. The lowest BCUT2D eigenvalue weighted by atomic mass is 9.89. The van der Waals surface area contributed by atoms with E-state index in [1.165, 1.54) is 19.3 Å². The van der Waals surface area contributed by atoms with Crippen LogP contribution >= 0.6 is 0 Å². The number of unbranched alkanes of at least 4 members (excludes halogenated alkanes) is 3. The molecule has 2 saturated heterocycles. The number of carbonyl (C=O) groups is 2. The first-order chi connectivity index (χ1) is 11.7. The van der Waals surface area contributed by atoms with Crippen LogP contribution in [-0.2, 0) is 9.59 Å². The van der Waals surface area contributed by atoms with Gasteiger partial charge in [-0.2, -0.15) is 0 Å². The molecule has 0 aromatic rings. The summed E-state index contributed by atoms with van der Waals surface area (Å²) in [5.41, 5.74) is 0. The third kappa shape index (κ3) is 5.58. The number of hydrogen-bond acceptors (Lipinski definition) is 3. The first-order valence-electron chi connectivity index (χ1n) is 10.2. The second kappa shape index (κ2) is 10.2. The predicted molar refractivity (Wildman–Crippen MR) is 98.0 cm³/mol. The van der Waals surface area contributed by atoms with Gasteiger partial charge in [0.15, 0.2) is 0 Å². The second-order valence-corrected chi connectivity index (χ2v) is 7.55. The van der Waals surface area contributed by atoms with E-state index in [1.54, 1.807) is 0 Å². The molecule has 0 aromatic carbocycles. The van der Waals surface area contributed by atoms with Crippen molar-refractivity contribution in [2.24, 2.45) is 5.92 Å². The molecule has 4 heteroatoms. The zero-order valence-corrected chi connectivity index (χ0v) is 15.8. The zero-order valence-electron chi connectivity index (χ0n) is 15.8. The molecule has 0 saturated carbocycles. The molecule has 2 rings (SSSR count). The van der Waals surface area contributed by atoms with Gasteiger partial charge in [0, 0.05) is 37.9 Å². The summed E-state index contributed by atoms with van der Waals surface area (Å²) in [4.78, 5) is 28.8. The van der Waals surface area contributed by atoms with Gasteiger partial charge < -0.3 is 9.80 Å². The smallest absolute Gasteiger partial charge is 0.222 e. The third-order valence-corrected chi connectivity index (χ3v) is 5.91. The maximum atomic E-state index is 12.3. The second-order valence-electron chi connectivity index (χ2n) is 7.55. The highest BCUT2D eigenvalue weighted by molar-refractivity contribution is 5.80. The number of hydrogen-bond donors (Lipinski definition) is 0. The average Bonchev–Trinajstić information content (AvgIpc) is 2.64. The number of Topliss-reactive ketones (excluding diaryl/α,β-unsaturated/α-hetero) is 1. The Morgan fingerprint density at radius 3 is 2.12 bits per heavy atom. The first-order valence-corrected chi connectivity index (χ1v) is 10.2. The van der Waals surface area contributed by atoms with Gasteiger partial charge in [-0.05, 0) is 45.2 Å². The summed E-state index contributed by atoms with van der Waals surface area (Å²) in [5.74, 6) is 1.10. The van der Waals surface area contributed by atoms with Crippen LogP contribution in [0.3, 0.4) is 0 Å². The molecule has 2 fully saturated rings. The van der Waals surface area contributed by atoms with Crippen LogP contribution in [0.5, 0.6) is 0 Å². The molecule has 0 unspecified atom stereocenters. The molecule has 1 amide bonds. The van der Waals surface area contributed by atoms with E-state index in [0.29, 0.717) is 30.1 Å². The summed E-state index contributed by atoms with van der Waals surface area (Å²) < 4.78 is 0. The highest BCUT2D eigenvalue weighted by Crippen LogP contribution is 2.25. The van der Waals surface area contributed by atoms with Gasteiger partial charge >= 0.3 is 0 Å². The molecule has 2 aliphatic rings. The number of carbonyl (C=O) groups excluding carboxylic acids is 2. The van der Waals surface area contributed by atoms with Crippen LogP contribution < -0.4 is 0 Å². The molecule has 2 heterocycles. The van der Waals surface area contributed by atoms with Crippen molar-refractivity contribution in [2.75, 3.05) is 26.2 Å². The number of piperidine rings is 2. The Balaban J connectivity index is 1.66.